The van der Waals surface area contributed by atoms with Gasteiger partial charge in [0.05, 0.1) is 18.1 Å². The molecule has 1 amide bonds. The molecule has 23 heavy (non-hydrogen) atoms. The molecule has 3 N–H and O–H groups in total. The first-order valence-electron chi connectivity index (χ1n) is 8.23. The average molecular weight is 331 g/mol. The smallest absolute Gasteiger partial charge is 0.407 e. The molecule has 0 heterocycles. The largest absolute Gasteiger partial charge is 0.481 e. The highest BCUT2D eigenvalue weighted by atomic mass is 16.6. The molecular weight excluding hydrogens is 298 g/mol. The highest BCUT2D eigenvalue weighted by molar-refractivity contribution is 5.71. The van der Waals surface area contributed by atoms with Gasteiger partial charge in [0, 0.05) is 0 Å². The lowest BCUT2D eigenvalue weighted by atomic mass is 9.85. The summed E-state index contributed by atoms with van der Waals surface area (Å²) in [4.78, 5) is 23.5. The molecule has 0 bridgehead atoms. The molecule has 136 valence electrons. The summed E-state index contributed by atoms with van der Waals surface area (Å²) in [6, 6.07) is -0.662. The van der Waals surface area contributed by atoms with Gasteiger partial charge in [-0.15, -0.1) is 0 Å². The van der Waals surface area contributed by atoms with Crippen molar-refractivity contribution in [3.05, 3.63) is 0 Å². The van der Waals surface area contributed by atoms with Crippen LogP contribution >= 0.6 is 0 Å². The number of nitrogens with one attached hydrogen (secondary N) is 1. The van der Waals surface area contributed by atoms with Gasteiger partial charge in [-0.05, 0) is 45.4 Å². The van der Waals surface area contributed by atoms with E-state index >= 15 is 0 Å². The Hall–Kier alpha value is -1.30. The molecule has 0 radical (unpaired) electrons. The van der Waals surface area contributed by atoms with Crippen molar-refractivity contribution in [1.82, 2.24) is 5.32 Å². The molecular formula is C17H33NO5. The molecule has 3 atom stereocenters. The van der Waals surface area contributed by atoms with Crippen LogP contribution in [0.2, 0.25) is 0 Å². The van der Waals surface area contributed by atoms with Gasteiger partial charge in [-0.25, -0.2) is 4.79 Å². The molecule has 0 spiro atoms. The molecule has 0 unspecified atom stereocenters. The van der Waals surface area contributed by atoms with E-state index in [-0.39, 0.29) is 11.8 Å². The van der Waals surface area contributed by atoms with E-state index in [2.05, 4.69) is 5.32 Å². The van der Waals surface area contributed by atoms with E-state index in [1.165, 1.54) is 0 Å². The lowest BCUT2D eigenvalue weighted by Crippen LogP contribution is -2.50. The van der Waals surface area contributed by atoms with E-state index < -0.39 is 35.7 Å². The molecule has 0 aromatic heterocycles. The summed E-state index contributed by atoms with van der Waals surface area (Å²) in [6.07, 6.45) is -0.982. The van der Waals surface area contributed by atoms with Crippen molar-refractivity contribution < 1.29 is 24.5 Å². The minimum absolute atomic E-state index is 0.131. The fourth-order valence-corrected chi connectivity index (χ4v) is 2.43. The van der Waals surface area contributed by atoms with Crippen molar-refractivity contribution in [2.24, 2.45) is 17.8 Å². The van der Waals surface area contributed by atoms with Gasteiger partial charge in [0.1, 0.15) is 5.60 Å². The Morgan fingerprint density at radius 2 is 1.52 bits per heavy atom. The Morgan fingerprint density at radius 1 is 1.04 bits per heavy atom. The number of hydrogen-bond donors (Lipinski definition) is 3. The molecule has 0 saturated carbocycles. The number of rotatable bonds is 8. The van der Waals surface area contributed by atoms with E-state index in [0.29, 0.717) is 12.8 Å². The maximum Gasteiger partial charge on any atom is 0.407 e. The minimum Gasteiger partial charge on any atom is -0.481 e. The number of carboxylic acid groups (broad SMARTS) is 1. The van der Waals surface area contributed by atoms with Crippen molar-refractivity contribution in [2.75, 3.05) is 0 Å². The van der Waals surface area contributed by atoms with Crippen molar-refractivity contribution >= 4 is 12.1 Å². The highest BCUT2D eigenvalue weighted by Gasteiger charge is 2.35. The number of aliphatic hydroxyl groups is 1. The number of aliphatic hydroxyl groups excluding tert-OH is 1. The van der Waals surface area contributed by atoms with Crippen LogP contribution in [0.15, 0.2) is 0 Å². The van der Waals surface area contributed by atoms with Gasteiger partial charge in [0.25, 0.3) is 0 Å². The lowest BCUT2D eigenvalue weighted by Gasteiger charge is -2.31. The van der Waals surface area contributed by atoms with Crippen molar-refractivity contribution in [2.45, 2.75) is 79.1 Å². The molecule has 0 saturated heterocycles. The Bertz CT molecular complexity index is 387. The summed E-state index contributed by atoms with van der Waals surface area (Å²) in [7, 11) is 0. The molecule has 0 rings (SSSR count). The van der Waals surface area contributed by atoms with Gasteiger partial charge < -0.3 is 20.3 Å². The van der Waals surface area contributed by atoms with Crippen LogP contribution in [0.3, 0.4) is 0 Å². The molecule has 6 nitrogen and oxygen atoms in total. The molecule has 0 aromatic rings. The number of aliphatic carboxylic acids is 1. The zero-order valence-electron chi connectivity index (χ0n) is 15.4. The first-order valence-corrected chi connectivity index (χ1v) is 8.23. The van der Waals surface area contributed by atoms with E-state index in [1.807, 2.05) is 27.7 Å². The second kappa shape index (κ2) is 9.11. The summed E-state index contributed by atoms with van der Waals surface area (Å²) >= 11 is 0. The van der Waals surface area contributed by atoms with Gasteiger partial charge >= 0.3 is 12.1 Å². The summed E-state index contributed by atoms with van der Waals surface area (Å²) in [5.41, 5.74) is -0.651. The van der Waals surface area contributed by atoms with Crippen LogP contribution in [0.5, 0.6) is 0 Å². The normalized spacial score (nSPS) is 16.1. The second-order valence-electron chi connectivity index (χ2n) is 7.95. The van der Waals surface area contributed by atoms with Crippen LogP contribution in [-0.4, -0.2) is 40.0 Å². The van der Waals surface area contributed by atoms with Gasteiger partial charge in [0.15, 0.2) is 0 Å². The van der Waals surface area contributed by atoms with Crippen molar-refractivity contribution in [3.63, 3.8) is 0 Å². The maximum absolute atomic E-state index is 12.0. The first-order chi connectivity index (χ1) is 10.3. The predicted octanol–water partition coefficient (Wildman–Crippen LogP) is 3.03. The Kier molecular flexibility index (Phi) is 8.59. The van der Waals surface area contributed by atoms with E-state index in [1.54, 1.807) is 20.8 Å². The number of carbonyl (C=O) groups excluding carboxylic acids is 1. The number of hydrogen-bond acceptors (Lipinski definition) is 4. The van der Waals surface area contributed by atoms with E-state index in [0.717, 1.165) is 0 Å². The standard InChI is InChI=1S/C17H33NO5/c1-10(2)8-12(15(20)21)14(19)13(9-11(3)4)18-16(22)23-17(5,6)7/h10-14,19H,8-9H2,1-7H3,(H,18,22)(H,20,21)/t12-,13+,14+/m1/s1. The first kappa shape index (κ1) is 21.7. The Morgan fingerprint density at radius 3 is 1.87 bits per heavy atom. The highest BCUT2D eigenvalue weighted by Crippen LogP contribution is 2.22. The van der Waals surface area contributed by atoms with Crippen LogP contribution in [-0.2, 0) is 9.53 Å². The van der Waals surface area contributed by atoms with Crippen LogP contribution in [0.25, 0.3) is 0 Å². The molecule has 0 aliphatic carbocycles. The second-order valence-corrected chi connectivity index (χ2v) is 7.95. The number of alkyl carbamates (subject to hydrolysis) is 1. The monoisotopic (exact) mass is 331 g/mol. The quantitative estimate of drug-likeness (QED) is 0.635. The van der Waals surface area contributed by atoms with Crippen molar-refractivity contribution in [1.29, 1.82) is 0 Å². The van der Waals surface area contributed by atoms with Gasteiger partial charge in [0.2, 0.25) is 0 Å². The minimum atomic E-state index is -1.16. The SMILES string of the molecule is CC(C)C[C@H](NC(=O)OC(C)(C)C)[C@@H](O)[C@@H](CC(C)C)C(=O)O. The molecule has 0 aromatic carbocycles. The number of amides is 1. The van der Waals surface area contributed by atoms with Crippen LogP contribution < -0.4 is 5.32 Å². The topological polar surface area (TPSA) is 95.9 Å². The van der Waals surface area contributed by atoms with Crippen LogP contribution in [0, 0.1) is 17.8 Å². The molecule has 0 aliphatic heterocycles. The Labute approximate surface area is 139 Å². The molecule has 6 heteroatoms. The summed E-state index contributed by atoms with van der Waals surface area (Å²) in [5, 5.41) is 22.6. The van der Waals surface area contributed by atoms with Crippen molar-refractivity contribution in [3.8, 4) is 0 Å². The third kappa shape index (κ3) is 9.43. The average Bonchev–Trinajstić information content (AvgIpc) is 2.30. The van der Waals surface area contributed by atoms with Crippen LogP contribution in [0.1, 0.15) is 61.3 Å². The van der Waals surface area contributed by atoms with Gasteiger partial charge in [-0.3, -0.25) is 4.79 Å². The third-order valence-corrected chi connectivity index (χ3v) is 3.29. The summed E-state index contributed by atoms with van der Waals surface area (Å²) in [6.45, 7) is 13.0. The number of ether oxygens (including phenoxy) is 1. The fourth-order valence-electron chi connectivity index (χ4n) is 2.43. The van der Waals surface area contributed by atoms with Gasteiger partial charge in [-0.1, -0.05) is 27.7 Å². The van der Waals surface area contributed by atoms with E-state index in [4.69, 9.17) is 4.74 Å². The number of carbonyl (C=O) groups is 2. The van der Waals surface area contributed by atoms with Gasteiger partial charge in [-0.2, -0.15) is 0 Å². The predicted molar refractivity (Wildman–Crippen MR) is 89.2 cm³/mol. The zero-order valence-corrected chi connectivity index (χ0v) is 15.4. The van der Waals surface area contributed by atoms with E-state index in [9.17, 15) is 19.8 Å². The lowest BCUT2D eigenvalue weighted by molar-refractivity contribution is -0.147. The molecule has 0 fully saturated rings. The maximum atomic E-state index is 12.0. The number of carboxylic acids is 1. The summed E-state index contributed by atoms with van der Waals surface area (Å²) in [5.74, 6) is -1.65. The fraction of sp³-hybridized carbons (Fsp3) is 0.882. The molecule has 0 aliphatic rings. The van der Waals surface area contributed by atoms with Crippen LogP contribution in [0.4, 0.5) is 4.79 Å². The summed E-state index contributed by atoms with van der Waals surface area (Å²) < 4.78 is 5.21. The third-order valence-electron chi connectivity index (χ3n) is 3.29. The zero-order chi connectivity index (χ0) is 18.4. The Balaban J connectivity index is 5.12.